The first-order valence-electron chi connectivity index (χ1n) is 6.82. The van der Waals surface area contributed by atoms with E-state index in [1.807, 2.05) is 18.2 Å². The van der Waals surface area contributed by atoms with Crippen LogP contribution in [0.25, 0.3) is 6.08 Å². The number of allylic oxidation sites excluding steroid dienone is 1. The number of carboxylic acid groups (broad SMARTS) is 1. The minimum atomic E-state index is -0.723. The van der Waals surface area contributed by atoms with E-state index in [4.69, 9.17) is 9.84 Å². The summed E-state index contributed by atoms with van der Waals surface area (Å²) >= 11 is 0. The number of hydrogen-bond acceptors (Lipinski definition) is 2. The molecule has 3 heteroatoms. The molecule has 0 spiro atoms. The molecule has 1 N–H and O–H groups in total. The maximum atomic E-state index is 10.7. The Bertz CT molecular complexity index is 477. The van der Waals surface area contributed by atoms with Gasteiger partial charge in [0.1, 0.15) is 5.75 Å². The molecular weight excluding hydrogens is 240 g/mol. The van der Waals surface area contributed by atoms with Crippen molar-refractivity contribution >= 4 is 12.0 Å². The number of aryl methyl sites for hydroxylation is 1. The number of rotatable bonds is 5. The van der Waals surface area contributed by atoms with Crippen LogP contribution in [0, 0.1) is 5.92 Å². The van der Waals surface area contributed by atoms with Crippen molar-refractivity contribution in [2.24, 2.45) is 5.92 Å². The molecule has 0 saturated heterocycles. The Morgan fingerprint density at radius 2 is 2.37 bits per heavy atom. The second kappa shape index (κ2) is 6.41. The van der Waals surface area contributed by atoms with E-state index in [1.165, 1.54) is 5.56 Å². The highest BCUT2D eigenvalue weighted by atomic mass is 16.5. The molecule has 1 atom stereocenters. The Balaban J connectivity index is 1.90. The molecular formula is C16H20O3. The molecule has 1 unspecified atom stereocenters. The zero-order chi connectivity index (χ0) is 13.7. The third-order valence-corrected chi connectivity index (χ3v) is 3.43. The molecule has 0 aromatic heterocycles. The van der Waals surface area contributed by atoms with Gasteiger partial charge in [0.2, 0.25) is 0 Å². The van der Waals surface area contributed by atoms with Gasteiger partial charge in [-0.05, 0) is 48.9 Å². The van der Waals surface area contributed by atoms with Gasteiger partial charge < -0.3 is 9.84 Å². The summed E-state index contributed by atoms with van der Waals surface area (Å²) in [6, 6.07) is 6.22. The predicted molar refractivity (Wildman–Crippen MR) is 75.3 cm³/mol. The van der Waals surface area contributed by atoms with Crippen molar-refractivity contribution in [2.45, 2.75) is 32.6 Å². The molecule has 19 heavy (non-hydrogen) atoms. The molecule has 0 radical (unpaired) electrons. The lowest BCUT2D eigenvalue weighted by Gasteiger charge is -2.17. The predicted octanol–water partition coefficient (Wildman–Crippen LogP) is 3.53. The third kappa shape index (κ3) is 3.85. The average molecular weight is 260 g/mol. The van der Waals surface area contributed by atoms with Gasteiger partial charge in [-0.1, -0.05) is 25.1 Å². The van der Waals surface area contributed by atoms with E-state index in [9.17, 15) is 4.79 Å². The van der Waals surface area contributed by atoms with Crippen LogP contribution < -0.4 is 4.74 Å². The molecule has 1 aromatic carbocycles. The van der Waals surface area contributed by atoms with Gasteiger partial charge in [0.25, 0.3) is 0 Å². The molecule has 0 aliphatic carbocycles. The van der Waals surface area contributed by atoms with Crippen LogP contribution in [0.4, 0.5) is 0 Å². The molecule has 0 amide bonds. The summed E-state index contributed by atoms with van der Waals surface area (Å²) < 4.78 is 5.57. The minimum absolute atomic E-state index is 0.276. The first-order chi connectivity index (χ1) is 9.16. The van der Waals surface area contributed by atoms with Crippen LogP contribution in [0.5, 0.6) is 5.75 Å². The van der Waals surface area contributed by atoms with E-state index in [0.29, 0.717) is 6.42 Å². The maximum Gasteiger partial charge on any atom is 0.306 e. The van der Waals surface area contributed by atoms with E-state index < -0.39 is 5.97 Å². The highest BCUT2D eigenvalue weighted by Crippen LogP contribution is 2.26. The summed E-state index contributed by atoms with van der Waals surface area (Å²) in [6.07, 6.45) is 7.73. The number of hydrogen-bond donors (Lipinski definition) is 1. The van der Waals surface area contributed by atoms with Crippen LogP contribution in [0.1, 0.15) is 37.3 Å². The number of aliphatic carboxylic acids is 1. The smallest absolute Gasteiger partial charge is 0.306 e. The summed E-state index contributed by atoms with van der Waals surface area (Å²) in [5, 5.41) is 8.79. The number of carbonyl (C=O) groups is 1. The van der Waals surface area contributed by atoms with Gasteiger partial charge in [-0.15, -0.1) is 0 Å². The van der Waals surface area contributed by atoms with Gasteiger partial charge in [0.05, 0.1) is 12.5 Å². The Hall–Kier alpha value is -1.77. The lowest BCUT2D eigenvalue weighted by Crippen LogP contribution is -2.08. The van der Waals surface area contributed by atoms with Gasteiger partial charge in [-0.2, -0.15) is 0 Å². The van der Waals surface area contributed by atoms with E-state index in [1.54, 1.807) is 6.92 Å². The molecule has 0 bridgehead atoms. The van der Waals surface area contributed by atoms with Crippen molar-refractivity contribution in [3.63, 3.8) is 0 Å². The lowest BCUT2D eigenvalue weighted by molar-refractivity contribution is -0.141. The molecule has 3 nitrogen and oxygen atoms in total. The molecule has 0 fully saturated rings. The second-order valence-electron chi connectivity index (χ2n) is 5.04. The second-order valence-corrected chi connectivity index (χ2v) is 5.04. The summed E-state index contributed by atoms with van der Waals surface area (Å²) in [6.45, 7) is 2.56. The topological polar surface area (TPSA) is 46.5 Å². The Morgan fingerprint density at radius 1 is 1.53 bits per heavy atom. The summed E-state index contributed by atoms with van der Waals surface area (Å²) in [7, 11) is 0. The van der Waals surface area contributed by atoms with Crippen molar-refractivity contribution in [2.75, 3.05) is 6.61 Å². The fraction of sp³-hybridized carbons (Fsp3) is 0.438. The van der Waals surface area contributed by atoms with Gasteiger partial charge >= 0.3 is 5.97 Å². The summed E-state index contributed by atoms with van der Waals surface area (Å²) in [4.78, 5) is 10.7. The van der Waals surface area contributed by atoms with E-state index in [0.717, 1.165) is 37.2 Å². The highest BCUT2D eigenvalue weighted by molar-refractivity contribution is 5.69. The molecule has 0 saturated carbocycles. The fourth-order valence-electron chi connectivity index (χ4n) is 2.17. The van der Waals surface area contributed by atoms with Crippen LogP contribution in [0.15, 0.2) is 24.3 Å². The van der Waals surface area contributed by atoms with Crippen molar-refractivity contribution in [1.82, 2.24) is 0 Å². The van der Waals surface area contributed by atoms with E-state index in [2.05, 4.69) is 12.1 Å². The van der Waals surface area contributed by atoms with Crippen molar-refractivity contribution in [1.29, 1.82) is 0 Å². The van der Waals surface area contributed by atoms with Gasteiger partial charge in [0, 0.05) is 0 Å². The molecule has 1 aromatic rings. The standard InChI is InChI=1S/C16H20O3/c1-12(16(17)18)5-2-3-6-13-8-9-15-14(11-13)7-4-10-19-15/h3,6,8-9,11-12H,2,4-5,7,10H2,1H3,(H,17,18)/b6-3+. The van der Waals surface area contributed by atoms with Crippen LogP contribution >= 0.6 is 0 Å². The summed E-state index contributed by atoms with van der Waals surface area (Å²) in [5.74, 6) is 0.00353. The summed E-state index contributed by atoms with van der Waals surface area (Å²) in [5.41, 5.74) is 2.43. The normalized spacial score (nSPS) is 15.8. The molecule has 1 aliphatic heterocycles. The van der Waals surface area contributed by atoms with Gasteiger partial charge in [-0.3, -0.25) is 4.79 Å². The number of benzene rings is 1. The van der Waals surface area contributed by atoms with E-state index in [-0.39, 0.29) is 5.92 Å². The Kier molecular flexibility index (Phi) is 4.61. The lowest BCUT2D eigenvalue weighted by atomic mass is 10.0. The van der Waals surface area contributed by atoms with Crippen LogP contribution in [-0.4, -0.2) is 17.7 Å². The molecule has 1 heterocycles. The largest absolute Gasteiger partial charge is 0.493 e. The molecule has 1 aliphatic rings. The van der Waals surface area contributed by atoms with Gasteiger partial charge in [0.15, 0.2) is 0 Å². The van der Waals surface area contributed by atoms with Crippen molar-refractivity contribution in [3.8, 4) is 5.75 Å². The zero-order valence-electron chi connectivity index (χ0n) is 11.3. The minimum Gasteiger partial charge on any atom is -0.493 e. The monoisotopic (exact) mass is 260 g/mol. The molecule has 102 valence electrons. The van der Waals surface area contributed by atoms with Crippen molar-refractivity contribution < 1.29 is 14.6 Å². The Morgan fingerprint density at radius 3 is 3.16 bits per heavy atom. The number of carboxylic acids is 1. The number of fused-ring (bicyclic) bond motifs is 1. The first kappa shape index (κ1) is 13.7. The number of ether oxygens (including phenoxy) is 1. The molecule has 2 rings (SSSR count). The van der Waals surface area contributed by atoms with Crippen LogP contribution in [0.3, 0.4) is 0 Å². The fourth-order valence-corrected chi connectivity index (χ4v) is 2.17. The van der Waals surface area contributed by atoms with E-state index >= 15 is 0 Å². The third-order valence-electron chi connectivity index (χ3n) is 3.43. The van der Waals surface area contributed by atoms with Gasteiger partial charge in [-0.25, -0.2) is 0 Å². The highest BCUT2D eigenvalue weighted by Gasteiger charge is 2.10. The first-order valence-corrected chi connectivity index (χ1v) is 6.82. The maximum absolute atomic E-state index is 10.7. The Labute approximate surface area is 113 Å². The zero-order valence-corrected chi connectivity index (χ0v) is 11.3. The quantitative estimate of drug-likeness (QED) is 0.881. The SMILES string of the molecule is CC(CC/C=C/c1ccc2c(c1)CCCO2)C(=O)O. The van der Waals surface area contributed by atoms with Crippen LogP contribution in [-0.2, 0) is 11.2 Å². The average Bonchev–Trinajstić information content (AvgIpc) is 2.43. The van der Waals surface area contributed by atoms with Crippen LogP contribution in [0.2, 0.25) is 0 Å². The van der Waals surface area contributed by atoms with Crippen molar-refractivity contribution in [3.05, 3.63) is 35.4 Å².